The lowest BCUT2D eigenvalue weighted by Crippen LogP contribution is -2.24. The first-order chi connectivity index (χ1) is 12.7. The average molecular weight is 364 g/mol. The van der Waals surface area contributed by atoms with Crippen molar-refractivity contribution in [2.45, 2.75) is 45.6 Å². The molecule has 2 rings (SSSR count). The Balaban J connectivity index is 1.88. The van der Waals surface area contributed by atoms with E-state index < -0.39 is 17.5 Å². The molecule has 0 spiro atoms. The van der Waals surface area contributed by atoms with Gasteiger partial charge in [-0.1, -0.05) is 24.1 Å². The zero-order valence-corrected chi connectivity index (χ0v) is 15.9. The summed E-state index contributed by atoms with van der Waals surface area (Å²) in [5.41, 5.74) is 7.11. The molecule has 140 valence electrons. The molecule has 0 fully saturated rings. The van der Waals surface area contributed by atoms with Gasteiger partial charge < -0.3 is 10.5 Å². The second kappa shape index (κ2) is 9.00. The van der Waals surface area contributed by atoms with Crippen LogP contribution in [0.25, 0.3) is 0 Å². The van der Waals surface area contributed by atoms with Crippen molar-refractivity contribution in [1.82, 2.24) is 4.98 Å². The van der Waals surface area contributed by atoms with Crippen LogP contribution in [0.4, 0.5) is 0 Å². The maximum atomic E-state index is 12.0. The predicted octanol–water partition coefficient (Wildman–Crippen LogP) is 3.51. The summed E-state index contributed by atoms with van der Waals surface area (Å²) < 4.78 is 5.32. The Kier molecular flexibility index (Phi) is 6.73. The van der Waals surface area contributed by atoms with Crippen LogP contribution in [0.1, 0.15) is 65.7 Å². The second-order valence-corrected chi connectivity index (χ2v) is 7.13. The number of carbonyl (C=O) groups is 2. The molecule has 0 unspecified atom stereocenters. The number of carbonyl (C=O) groups excluding carboxylic acids is 2. The highest BCUT2D eigenvalue weighted by Crippen LogP contribution is 2.11. The lowest BCUT2D eigenvalue weighted by molar-refractivity contribution is 0.00626. The van der Waals surface area contributed by atoms with Crippen molar-refractivity contribution in [2.24, 2.45) is 5.73 Å². The van der Waals surface area contributed by atoms with Gasteiger partial charge in [0.05, 0.1) is 0 Å². The number of esters is 1. The minimum Gasteiger partial charge on any atom is -0.455 e. The molecule has 1 amide bonds. The molecular weight excluding hydrogens is 340 g/mol. The molecule has 0 aliphatic heterocycles. The zero-order valence-electron chi connectivity index (χ0n) is 15.9. The van der Waals surface area contributed by atoms with Crippen LogP contribution in [0.15, 0.2) is 42.5 Å². The van der Waals surface area contributed by atoms with Gasteiger partial charge in [0.2, 0.25) is 5.91 Å². The highest BCUT2D eigenvalue weighted by Gasteiger charge is 2.18. The summed E-state index contributed by atoms with van der Waals surface area (Å²) in [6.07, 6.45) is 2.45. The molecule has 0 saturated heterocycles. The predicted molar refractivity (Wildman–Crippen MR) is 104 cm³/mol. The summed E-state index contributed by atoms with van der Waals surface area (Å²) in [4.78, 5) is 27.3. The fraction of sp³-hybridized carbons (Fsp3) is 0.318. The molecule has 2 N–H and O–H groups in total. The number of aryl methyl sites for hydroxylation is 1. The lowest BCUT2D eigenvalue weighted by atomic mass is 10.1. The SMILES string of the molecule is CC(C)(C)OC(=O)c1cccc(C#CCCCc2ccc(C(N)=O)cc2)n1. The lowest BCUT2D eigenvalue weighted by Gasteiger charge is -2.18. The molecule has 1 aromatic carbocycles. The summed E-state index contributed by atoms with van der Waals surface area (Å²) in [6, 6.07) is 12.4. The number of nitrogens with two attached hydrogens (primary N) is 1. The Morgan fingerprint density at radius 3 is 2.44 bits per heavy atom. The number of rotatable bonds is 5. The van der Waals surface area contributed by atoms with Crippen LogP contribution in [0.5, 0.6) is 0 Å². The van der Waals surface area contributed by atoms with E-state index in [1.54, 1.807) is 30.3 Å². The van der Waals surface area contributed by atoms with Gasteiger partial charge in [0.15, 0.2) is 0 Å². The number of nitrogens with zero attached hydrogens (tertiary/aromatic N) is 1. The Morgan fingerprint density at radius 2 is 1.81 bits per heavy atom. The third-order valence-corrected chi connectivity index (χ3v) is 3.58. The number of unbranched alkanes of at least 4 members (excludes halogenated alkanes) is 1. The van der Waals surface area contributed by atoms with Gasteiger partial charge in [-0.05, 0) is 69.4 Å². The summed E-state index contributed by atoms with van der Waals surface area (Å²) in [5.74, 6) is 5.18. The highest BCUT2D eigenvalue weighted by atomic mass is 16.6. The number of primary amides is 1. The molecule has 0 aliphatic rings. The number of hydrogen-bond donors (Lipinski definition) is 1. The van der Waals surface area contributed by atoms with Crippen LogP contribution in [-0.4, -0.2) is 22.5 Å². The van der Waals surface area contributed by atoms with Gasteiger partial charge >= 0.3 is 5.97 Å². The Hall–Kier alpha value is -3.13. The van der Waals surface area contributed by atoms with Crippen LogP contribution < -0.4 is 5.73 Å². The van der Waals surface area contributed by atoms with E-state index in [-0.39, 0.29) is 5.69 Å². The van der Waals surface area contributed by atoms with Crippen LogP contribution in [-0.2, 0) is 11.2 Å². The number of hydrogen-bond acceptors (Lipinski definition) is 4. The smallest absolute Gasteiger partial charge is 0.357 e. The molecule has 0 aliphatic carbocycles. The molecule has 27 heavy (non-hydrogen) atoms. The summed E-state index contributed by atoms with van der Waals surface area (Å²) in [6.45, 7) is 5.45. The molecular formula is C22H24N2O3. The Bertz CT molecular complexity index is 869. The first kappa shape index (κ1) is 20.2. The number of amides is 1. The highest BCUT2D eigenvalue weighted by molar-refractivity contribution is 5.92. The third kappa shape index (κ3) is 6.95. The van der Waals surface area contributed by atoms with Crippen LogP contribution in [0.2, 0.25) is 0 Å². The number of aromatic nitrogens is 1. The van der Waals surface area contributed by atoms with E-state index in [2.05, 4.69) is 16.8 Å². The van der Waals surface area contributed by atoms with Gasteiger partial charge in [0.1, 0.15) is 17.0 Å². The van der Waals surface area contributed by atoms with Crippen LogP contribution in [0.3, 0.4) is 0 Å². The van der Waals surface area contributed by atoms with Crippen molar-refractivity contribution in [3.8, 4) is 11.8 Å². The van der Waals surface area contributed by atoms with Crippen molar-refractivity contribution in [3.63, 3.8) is 0 Å². The first-order valence-corrected chi connectivity index (χ1v) is 8.82. The van der Waals surface area contributed by atoms with Crippen molar-refractivity contribution in [3.05, 3.63) is 65.0 Å². The maximum absolute atomic E-state index is 12.0. The molecule has 0 bridgehead atoms. The number of ether oxygens (including phenoxy) is 1. The zero-order chi connectivity index (χ0) is 19.9. The molecule has 0 radical (unpaired) electrons. The van der Waals surface area contributed by atoms with Crippen molar-refractivity contribution in [1.29, 1.82) is 0 Å². The summed E-state index contributed by atoms with van der Waals surface area (Å²) in [5, 5.41) is 0. The van der Waals surface area contributed by atoms with Gasteiger partial charge in [0, 0.05) is 12.0 Å². The fourth-order valence-electron chi connectivity index (χ4n) is 2.32. The first-order valence-electron chi connectivity index (χ1n) is 8.82. The van der Waals surface area contributed by atoms with Crippen molar-refractivity contribution in [2.75, 3.05) is 0 Å². The van der Waals surface area contributed by atoms with Gasteiger partial charge in [-0.3, -0.25) is 4.79 Å². The van der Waals surface area contributed by atoms with Gasteiger partial charge in [-0.2, -0.15) is 0 Å². The fourth-order valence-corrected chi connectivity index (χ4v) is 2.32. The molecule has 1 aromatic heterocycles. The normalized spacial score (nSPS) is 10.6. The number of pyridine rings is 1. The Labute approximate surface area is 159 Å². The minimum absolute atomic E-state index is 0.256. The molecule has 5 nitrogen and oxygen atoms in total. The molecule has 5 heteroatoms. The quantitative estimate of drug-likeness (QED) is 0.500. The average Bonchev–Trinajstić information content (AvgIpc) is 2.60. The van der Waals surface area contributed by atoms with Crippen LogP contribution >= 0.6 is 0 Å². The number of benzene rings is 1. The maximum Gasteiger partial charge on any atom is 0.357 e. The van der Waals surface area contributed by atoms with E-state index in [0.29, 0.717) is 17.7 Å². The molecule has 0 atom stereocenters. The van der Waals surface area contributed by atoms with Crippen molar-refractivity contribution < 1.29 is 14.3 Å². The second-order valence-electron chi connectivity index (χ2n) is 7.13. The van der Waals surface area contributed by atoms with Gasteiger partial charge in [0.25, 0.3) is 0 Å². The topological polar surface area (TPSA) is 82.3 Å². The monoisotopic (exact) mass is 364 g/mol. The third-order valence-electron chi connectivity index (χ3n) is 3.58. The molecule has 2 aromatic rings. The molecule has 1 heterocycles. The van der Waals surface area contributed by atoms with E-state index in [1.807, 2.05) is 32.9 Å². The Morgan fingerprint density at radius 1 is 1.11 bits per heavy atom. The van der Waals surface area contributed by atoms with E-state index in [9.17, 15) is 9.59 Å². The largest absolute Gasteiger partial charge is 0.455 e. The van der Waals surface area contributed by atoms with E-state index in [1.165, 1.54) is 0 Å². The minimum atomic E-state index is -0.559. The van der Waals surface area contributed by atoms with Crippen molar-refractivity contribution >= 4 is 11.9 Å². The standard InChI is InChI=1S/C22H24N2O3/c1-22(2,3)27-21(26)19-11-7-10-18(24-19)9-6-4-5-8-16-12-14-17(15-13-16)20(23)25/h7,10-15H,4-5,8H2,1-3H3,(H2,23,25). The van der Waals surface area contributed by atoms with Gasteiger partial charge in [-0.15, -0.1) is 0 Å². The van der Waals surface area contributed by atoms with E-state index >= 15 is 0 Å². The van der Waals surface area contributed by atoms with E-state index in [4.69, 9.17) is 10.5 Å². The summed E-state index contributed by atoms with van der Waals surface area (Å²) >= 11 is 0. The molecule has 0 saturated carbocycles. The van der Waals surface area contributed by atoms with E-state index in [0.717, 1.165) is 18.4 Å². The van der Waals surface area contributed by atoms with Gasteiger partial charge in [-0.25, -0.2) is 9.78 Å². The summed E-state index contributed by atoms with van der Waals surface area (Å²) in [7, 11) is 0. The van der Waals surface area contributed by atoms with Crippen LogP contribution in [0, 0.1) is 11.8 Å².